The average Bonchev–Trinajstić information content (AvgIpc) is 2.34. The molecule has 1 amide bonds. The topological polar surface area (TPSA) is 57.6 Å². The zero-order chi connectivity index (χ0) is 12.7. The van der Waals surface area contributed by atoms with Crippen molar-refractivity contribution < 1.29 is 14.7 Å². The van der Waals surface area contributed by atoms with Crippen LogP contribution in [0.3, 0.4) is 0 Å². The van der Waals surface area contributed by atoms with E-state index in [2.05, 4.69) is 6.92 Å². The molecule has 5 heteroatoms. The Kier molecular flexibility index (Phi) is 6.40. The van der Waals surface area contributed by atoms with Gasteiger partial charge in [-0.2, -0.15) is 11.8 Å². The van der Waals surface area contributed by atoms with Crippen molar-refractivity contribution in [2.45, 2.75) is 45.1 Å². The molecule has 1 heterocycles. The zero-order valence-corrected chi connectivity index (χ0v) is 11.2. The lowest BCUT2D eigenvalue weighted by atomic mass is 10.0. The molecule has 0 aromatic carbocycles. The van der Waals surface area contributed by atoms with Crippen molar-refractivity contribution in [2.75, 3.05) is 18.1 Å². The summed E-state index contributed by atoms with van der Waals surface area (Å²) in [6.45, 7) is 2.72. The van der Waals surface area contributed by atoms with E-state index >= 15 is 0 Å². The lowest BCUT2D eigenvalue weighted by Crippen LogP contribution is -2.48. The van der Waals surface area contributed by atoms with Gasteiger partial charge in [0.15, 0.2) is 0 Å². The molecule has 0 radical (unpaired) electrons. The number of likely N-dealkylation sites (tertiary alicyclic amines) is 1. The molecule has 0 bridgehead atoms. The highest BCUT2D eigenvalue weighted by molar-refractivity contribution is 7.99. The summed E-state index contributed by atoms with van der Waals surface area (Å²) in [5.41, 5.74) is 0. The summed E-state index contributed by atoms with van der Waals surface area (Å²) in [4.78, 5) is 24.5. The molecule has 1 aliphatic heterocycles. The molecular formula is C12H21NO3S. The summed E-state index contributed by atoms with van der Waals surface area (Å²) in [7, 11) is 0. The number of carbonyl (C=O) groups excluding carboxylic acids is 1. The molecule has 1 unspecified atom stereocenters. The van der Waals surface area contributed by atoms with Gasteiger partial charge >= 0.3 is 5.97 Å². The van der Waals surface area contributed by atoms with Gasteiger partial charge in [-0.15, -0.1) is 0 Å². The molecule has 98 valence electrons. The lowest BCUT2D eigenvalue weighted by Gasteiger charge is -2.32. The van der Waals surface area contributed by atoms with Crippen molar-refractivity contribution in [2.24, 2.45) is 0 Å². The molecule has 4 nitrogen and oxygen atoms in total. The first kappa shape index (κ1) is 14.4. The second-order valence-electron chi connectivity index (χ2n) is 4.34. The number of nitrogens with zero attached hydrogens (tertiary/aromatic N) is 1. The fourth-order valence-corrected chi connectivity index (χ4v) is 2.95. The van der Waals surface area contributed by atoms with E-state index in [1.807, 2.05) is 0 Å². The minimum Gasteiger partial charge on any atom is -0.480 e. The predicted octanol–water partition coefficient (Wildman–Crippen LogP) is 1.99. The van der Waals surface area contributed by atoms with E-state index in [0.29, 0.717) is 18.7 Å². The zero-order valence-electron chi connectivity index (χ0n) is 10.4. The van der Waals surface area contributed by atoms with Crippen molar-refractivity contribution >= 4 is 23.6 Å². The minimum atomic E-state index is -0.864. The number of carboxylic acid groups (broad SMARTS) is 1. The number of thioether (sulfide) groups is 1. The first-order chi connectivity index (χ1) is 8.16. The predicted molar refractivity (Wildman–Crippen MR) is 69.2 cm³/mol. The third kappa shape index (κ3) is 4.58. The summed E-state index contributed by atoms with van der Waals surface area (Å²) in [5.74, 6) is 0.521. The first-order valence-corrected chi connectivity index (χ1v) is 7.42. The van der Waals surface area contributed by atoms with Crippen LogP contribution in [0.25, 0.3) is 0 Å². The summed E-state index contributed by atoms with van der Waals surface area (Å²) in [6, 6.07) is -0.594. The summed E-state index contributed by atoms with van der Waals surface area (Å²) in [6.07, 6.45) is 4.67. The molecular weight excluding hydrogens is 238 g/mol. The number of carboxylic acids is 1. The smallest absolute Gasteiger partial charge is 0.326 e. The van der Waals surface area contributed by atoms with E-state index in [1.54, 1.807) is 16.7 Å². The van der Waals surface area contributed by atoms with E-state index in [-0.39, 0.29) is 5.91 Å². The van der Waals surface area contributed by atoms with Crippen LogP contribution in [-0.2, 0) is 9.59 Å². The Bertz CT molecular complexity index is 270. The van der Waals surface area contributed by atoms with Gasteiger partial charge in [-0.1, -0.05) is 13.3 Å². The fraction of sp³-hybridized carbons (Fsp3) is 0.833. The molecule has 0 aromatic rings. The number of piperidine rings is 1. The number of amides is 1. The molecule has 1 saturated heterocycles. The first-order valence-electron chi connectivity index (χ1n) is 6.26. The van der Waals surface area contributed by atoms with Crippen LogP contribution in [0.4, 0.5) is 0 Å². The van der Waals surface area contributed by atoms with Crippen LogP contribution in [0, 0.1) is 0 Å². The Labute approximate surface area is 107 Å². The van der Waals surface area contributed by atoms with Gasteiger partial charge in [-0.05, 0) is 31.4 Å². The number of unbranched alkanes of at least 4 members (excludes halogenated alkanes) is 1. The van der Waals surface area contributed by atoms with Gasteiger partial charge in [0, 0.05) is 6.54 Å². The van der Waals surface area contributed by atoms with Crippen LogP contribution in [0.2, 0.25) is 0 Å². The third-order valence-corrected chi connectivity index (χ3v) is 4.00. The van der Waals surface area contributed by atoms with Crippen molar-refractivity contribution in [1.82, 2.24) is 4.90 Å². The largest absolute Gasteiger partial charge is 0.480 e. The van der Waals surface area contributed by atoms with Crippen LogP contribution in [0.5, 0.6) is 0 Å². The van der Waals surface area contributed by atoms with Crippen molar-refractivity contribution in [3.63, 3.8) is 0 Å². The van der Waals surface area contributed by atoms with E-state index in [1.165, 1.54) is 0 Å². The quantitative estimate of drug-likeness (QED) is 0.741. The lowest BCUT2D eigenvalue weighted by molar-refractivity contribution is -0.150. The van der Waals surface area contributed by atoms with Crippen LogP contribution in [-0.4, -0.2) is 46.0 Å². The van der Waals surface area contributed by atoms with Crippen LogP contribution in [0.1, 0.15) is 39.0 Å². The molecule has 0 saturated carbocycles. The fourth-order valence-electron chi connectivity index (χ4n) is 1.98. The Hall–Kier alpha value is -0.710. The highest BCUT2D eigenvalue weighted by atomic mass is 32.2. The van der Waals surface area contributed by atoms with E-state index < -0.39 is 12.0 Å². The van der Waals surface area contributed by atoms with Gasteiger partial charge in [-0.25, -0.2) is 4.79 Å². The molecule has 1 aliphatic rings. The number of aliphatic carboxylic acids is 1. The normalized spacial score (nSPS) is 20.3. The van der Waals surface area contributed by atoms with Crippen LogP contribution in [0.15, 0.2) is 0 Å². The van der Waals surface area contributed by atoms with E-state index in [4.69, 9.17) is 5.11 Å². The highest BCUT2D eigenvalue weighted by Crippen LogP contribution is 2.18. The number of rotatable bonds is 6. The van der Waals surface area contributed by atoms with Crippen LogP contribution < -0.4 is 0 Å². The number of carbonyl (C=O) groups is 2. The molecule has 1 N–H and O–H groups in total. The van der Waals surface area contributed by atoms with E-state index in [0.717, 1.165) is 31.4 Å². The maximum Gasteiger partial charge on any atom is 0.326 e. The molecule has 0 aromatic heterocycles. The van der Waals surface area contributed by atoms with Crippen molar-refractivity contribution in [1.29, 1.82) is 0 Å². The maximum absolute atomic E-state index is 11.9. The van der Waals surface area contributed by atoms with Gasteiger partial charge in [0.2, 0.25) is 5.91 Å². The standard InChI is InChI=1S/C12H21NO3S/c1-2-3-8-17-9-11(14)13-7-5-4-6-10(13)12(15)16/h10H,2-9H2,1H3,(H,15,16). The van der Waals surface area contributed by atoms with Gasteiger partial charge in [0.25, 0.3) is 0 Å². The van der Waals surface area contributed by atoms with Crippen LogP contribution >= 0.6 is 11.8 Å². The van der Waals surface area contributed by atoms with Gasteiger partial charge in [-0.3, -0.25) is 4.79 Å². The second-order valence-corrected chi connectivity index (χ2v) is 5.45. The number of hydrogen-bond acceptors (Lipinski definition) is 3. The van der Waals surface area contributed by atoms with Crippen molar-refractivity contribution in [3.8, 4) is 0 Å². The Morgan fingerprint density at radius 2 is 2.18 bits per heavy atom. The molecule has 0 spiro atoms. The van der Waals surface area contributed by atoms with Gasteiger partial charge in [0.05, 0.1) is 5.75 Å². The van der Waals surface area contributed by atoms with Gasteiger partial charge < -0.3 is 10.0 Å². The SMILES string of the molecule is CCCCSCC(=O)N1CCCCC1C(=O)O. The molecule has 17 heavy (non-hydrogen) atoms. The Morgan fingerprint density at radius 3 is 2.82 bits per heavy atom. The molecule has 1 fully saturated rings. The summed E-state index contributed by atoms with van der Waals surface area (Å²) in [5, 5.41) is 9.07. The summed E-state index contributed by atoms with van der Waals surface area (Å²) < 4.78 is 0. The maximum atomic E-state index is 11.9. The van der Waals surface area contributed by atoms with Gasteiger partial charge in [0.1, 0.15) is 6.04 Å². The molecule has 1 atom stereocenters. The molecule has 0 aliphatic carbocycles. The molecule has 1 rings (SSSR count). The highest BCUT2D eigenvalue weighted by Gasteiger charge is 2.31. The monoisotopic (exact) mass is 259 g/mol. The minimum absolute atomic E-state index is 0.0156. The second kappa shape index (κ2) is 7.58. The summed E-state index contributed by atoms with van der Waals surface area (Å²) >= 11 is 1.61. The Balaban J connectivity index is 2.39. The van der Waals surface area contributed by atoms with Crippen molar-refractivity contribution in [3.05, 3.63) is 0 Å². The average molecular weight is 259 g/mol. The van der Waals surface area contributed by atoms with E-state index in [9.17, 15) is 9.59 Å². The number of hydrogen-bond donors (Lipinski definition) is 1. The Morgan fingerprint density at radius 1 is 1.41 bits per heavy atom. The third-order valence-electron chi connectivity index (χ3n) is 2.98.